The van der Waals surface area contributed by atoms with Crippen LogP contribution in [-0.2, 0) is 0 Å². The molecule has 0 radical (unpaired) electrons. The third-order valence-electron chi connectivity index (χ3n) is 4.02. The van der Waals surface area contributed by atoms with Gasteiger partial charge in [-0.2, -0.15) is 0 Å². The zero-order valence-electron chi connectivity index (χ0n) is 12.5. The molecule has 1 aliphatic heterocycles. The van der Waals surface area contributed by atoms with Crippen molar-refractivity contribution in [3.8, 4) is 5.75 Å². The van der Waals surface area contributed by atoms with Crippen LogP contribution in [0, 0.1) is 5.82 Å². The van der Waals surface area contributed by atoms with Crippen LogP contribution < -0.4 is 9.64 Å². The number of hydrogen-bond donors (Lipinski definition) is 0. The molecule has 1 fully saturated rings. The number of ether oxygens (including phenoxy) is 1. The lowest BCUT2D eigenvalue weighted by atomic mass is 10.0. The molecule has 0 aliphatic carbocycles. The highest BCUT2D eigenvalue weighted by atomic mass is 35.5. The van der Waals surface area contributed by atoms with Crippen molar-refractivity contribution in [2.75, 3.05) is 18.0 Å². The van der Waals surface area contributed by atoms with E-state index < -0.39 is 0 Å². The highest BCUT2D eigenvalue weighted by Gasteiger charge is 2.22. The van der Waals surface area contributed by atoms with Crippen LogP contribution in [-0.4, -0.2) is 25.5 Å². The van der Waals surface area contributed by atoms with Crippen LogP contribution in [0.3, 0.4) is 0 Å². The van der Waals surface area contributed by atoms with Crippen molar-refractivity contribution < 1.29 is 13.9 Å². The predicted molar refractivity (Wildman–Crippen MR) is 89.1 cm³/mol. The first kappa shape index (κ1) is 15.8. The number of anilines is 1. The molecule has 0 saturated carbocycles. The molecule has 2 aromatic rings. The number of halogens is 2. The molecule has 0 amide bonds. The van der Waals surface area contributed by atoms with Crippen molar-refractivity contribution in [3.63, 3.8) is 0 Å². The number of nitrogens with zero attached hydrogens (tertiary/aromatic N) is 1. The van der Waals surface area contributed by atoms with Gasteiger partial charge < -0.3 is 9.64 Å². The van der Waals surface area contributed by atoms with Gasteiger partial charge in [0.2, 0.25) is 0 Å². The van der Waals surface area contributed by atoms with Crippen molar-refractivity contribution in [2.45, 2.75) is 18.9 Å². The third kappa shape index (κ3) is 3.82. The number of hydrogen-bond acceptors (Lipinski definition) is 3. The normalized spacial score (nSPS) is 15.5. The summed E-state index contributed by atoms with van der Waals surface area (Å²) in [6.45, 7) is 1.45. The van der Waals surface area contributed by atoms with Crippen LogP contribution in [0.2, 0.25) is 5.02 Å². The number of rotatable bonds is 4. The van der Waals surface area contributed by atoms with Crippen molar-refractivity contribution in [3.05, 3.63) is 58.9 Å². The minimum Gasteiger partial charge on any atom is -0.490 e. The molecule has 23 heavy (non-hydrogen) atoms. The lowest BCUT2D eigenvalue weighted by molar-refractivity contribution is 0.112. The molecular weight excluding hydrogens is 317 g/mol. The number of carbonyl (C=O) groups is 1. The topological polar surface area (TPSA) is 29.5 Å². The highest BCUT2D eigenvalue weighted by Crippen LogP contribution is 2.26. The van der Waals surface area contributed by atoms with Gasteiger partial charge in [0.1, 0.15) is 17.7 Å². The molecule has 2 aromatic carbocycles. The fourth-order valence-electron chi connectivity index (χ4n) is 2.81. The van der Waals surface area contributed by atoms with E-state index in [9.17, 15) is 9.18 Å². The second kappa shape index (κ2) is 7.01. The predicted octanol–water partition coefficient (Wildman–Crippen LogP) is 4.34. The average Bonchev–Trinajstić information content (AvgIpc) is 2.58. The number of piperidine rings is 1. The summed E-state index contributed by atoms with van der Waals surface area (Å²) in [5.74, 6) is 0.470. The zero-order valence-corrected chi connectivity index (χ0v) is 13.3. The van der Waals surface area contributed by atoms with Gasteiger partial charge in [0.15, 0.2) is 6.29 Å². The molecule has 5 heteroatoms. The second-order valence-electron chi connectivity index (χ2n) is 5.58. The molecule has 3 rings (SSSR count). The van der Waals surface area contributed by atoms with Crippen LogP contribution in [0.4, 0.5) is 10.1 Å². The summed E-state index contributed by atoms with van der Waals surface area (Å²) < 4.78 is 19.4. The molecule has 0 spiro atoms. The Morgan fingerprint density at radius 2 is 1.83 bits per heavy atom. The first-order chi connectivity index (χ1) is 11.2. The van der Waals surface area contributed by atoms with E-state index in [1.807, 2.05) is 17.0 Å². The minimum atomic E-state index is -0.329. The van der Waals surface area contributed by atoms with E-state index in [1.165, 1.54) is 18.2 Å². The highest BCUT2D eigenvalue weighted by molar-refractivity contribution is 6.30. The lowest BCUT2D eigenvalue weighted by Gasteiger charge is -2.34. The first-order valence-corrected chi connectivity index (χ1v) is 7.95. The van der Waals surface area contributed by atoms with Crippen molar-refractivity contribution in [1.29, 1.82) is 0 Å². The Balaban J connectivity index is 1.63. The van der Waals surface area contributed by atoms with Crippen molar-refractivity contribution >= 4 is 23.6 Å². The van der Waals surface area contributed by atoms with E-state index >= 15 is 0 Å². The van der Waals surface area contributed by atoms with Crippen LogP contribution in [0.25, 0.3) is 0 Å². The Morgan fingerprint density at radius 3 is 2.48 bits per heavy atom. The Morgan fingerprint density at radius 1 is 1.13 bits per heavy atom. The van der Waals surface area contributed by atoms with E-state index in [4.69, 9.17) is 16.3 Å². The van der Waals surface area contributed by atoms with Gasteiger partial charge in [-0.1, -0.05) is 11.6 Å². The van der Waals surface area contributed by atoms with Gasteiger partial charge in [-0.15, -0.1) is 0 Å². The van der Waals surface area contributed by atoms with E-state index in [-0.39, 0.29) is 11.9 Å². The van der Waals surface area contributed by atoms with Crippen LogP contribution in [0.1, 0.15) is 23.2 Å². The monoisotopic (exact) mass is 333 g/mol. The van der Waals surface area contributed by atoms with Gasteiger partial charge >= 0.3 is 0 Å². The summed E-state index contributed by atoms with van der Waals surface area (Å²) in [4.78, 5) is 13.2. The SMILES string of the molecule is O=Cc1ccc(F)cc1N1CCC(Oc2ccc(Cl)cc2)CC1. The average molecular weight is 334 g/mol. The molecule has 120 valence electrons. The Kier molecular flexibility index (Phi) is 4.82. The maximum atomic E-state index is 13.5. The molecule has 1 aliphatic rings. The lowest BCUT2D eigenvalue weighted by Crippen LogP contribution is -2.38. The Bertz CT molecular complexity index is 682. The molecule has 1 heterocycles. The second-order valence-corrected chi connectivity index (χ2v) is 6.02. The fourth-order valence-corrected chi connectivity index (χ4v) is 2.94. The fraction of sp³-hybridized carbons (Fsp3) is 0.278. The molecule has 0 atom stereocenters. The summed E-state index contributed by atoms with van der Waals surface area (Å²) >= 11 is 5.86. The Hall–Kier alpha value is -2.07. The van der Waals surface area contributed by atoms with E-state index in [1.54, 1.807) is 12.1 Å². The van der Waals surface area contributed by atoms with Gasteiger partial charge in [0.25, 0.3) is 0 Å². The van der Waals surface area contributed by atoms with Gasteiger partial charge in [0.05, 0.1) is 5.69 Å². The van der Waals surface area contributed by atoms with Crippen LogP contribution in [0.5, 0.6) is 5.75 Å². The summed E-state index contributed by atoms with van der Waals surface area (Å²) in [7, 11) is 0. The van der Waals surface area contributed by atoms with Gasteiger partial charge in [-0.25, -0.2) is 4.39 Å². The summed E-state index contributed by atoms with van der Waals surface area (Å²) in [5.41, 5.74) is 1.17. The molecule has 3 nitrogen and oxygen atoms in total. The largest absolute Gasteiger partial charge is 0.490 e. The van der Waals surface area contributed by atoms with Crippen LogP contribution >= 0.6 is 11.6 Å². The zero-order chi connectivity index (χ0) is 16.2. The number of carbonyl (C=O) groups excluding carboxylic acids is 1. The summed E-state index contributed by atoms with van der Waals surface area (Å²) in [5, 5.41) is 0.680. The van der Waals surface area contributed by atoms with E-state index in [0.29, 0.717) is 16.3 Å². The Labute approximate surface area is 139 Å². The van der Waals surface area contributed by atoms with Gasteiger partial charge in [-0.05, 0) is 42.5 Å². The third-order valence-corrected chi connectivity index (χ3v) is 4.27. The standard InChI is InChI=1S/C18H17ClFNO2/c19-14-2-5-16(6-3-14)23-17-7-9-21(10-8-17)18-11-15(20)4-1-13(18)12-22/h1-6,11-12,17H,7-10H2. The van der Waals surface area contributed by atoms with Crippen molar-refractivity contribution in [1.82, 2.24) is 0 Å². The number of benzene rings is 2. The van der Waals surface area contributed by atoms with Crippen LogP contribution in [0.15, 0.2) is 42.5 Å². The van der Waals surface area contributed by atoms with Gasteiger partial charge in [0, 0.05) is 36.5 Å². The summed E-state index contributed by atoms with van der Waals surface area (Å²) in [6, 6.07) is 11.6. The minimum absolute atomic E-state index is 0.112. The van der Waals surface area contributed by atoms with Crippen molar-refractivity contribution in [2.24, 2.45) is 0 Å². The van der Waals surface area contributed by atoms with E-state index in [0.717, 1.165) is 38.0 Å². The quantitative estimate of drug-likeness (QED) is 0.779. The maximum absolute atomic E-state index is 13.5. The van der Waals surface area contributed by atoms with Gasteiger partial charge in [-0.3, -0.25) is 4.79 Å². The maximum Gasteiger partial charge on any atom is 0.152 e. The summed E-state index contributed by atoms with van der Waals surface area (Å²) in [6.07, 6.45) is 2.51. The van der Waals surface area contributed by atoms with E-state index in [2.05, 4.69) is 0 Å². The molecule has 1 saturated heterocycles. The molecule has 0 unspecified atom stereocenters. The molecular formula is C18H17ClFNO2. The number of aldehydes is 1. The molecule has 0 bridgehead atoms. The molecule has 0 aromatic heterocycles. The first-order valence-electron chi connectivity index (χ1n) is 7.57. The smallest absolute Gasteiger partial charge is 0.152 e. The molecule has 0 N–H and O–H groups in total.